The van der Waals surface area contributed by atoms with E-state index in [0.717, 1.165) is 30.4 Å². The van der Waals surface area contributed by atoms with Crippen LogP contribution in [0.4, 0.5) is 9.18 Å². The lowest BCUT2D eigenvalue weighted by Crippen LogP contribution is -2.46. The lowest BCUT2D eigenvalue weighted by atomic mass is 9.94. The summed E-state index contributed by atoms with van der Waals surface area (Å²) in [5, 5.41) is 2.39. The van der Waals surface area contributed by atoms with Gasteiger partial charge in [0.1, 0.15) is 24.3 Å². The Kier molecular flexibility index (Phi) is 8.06. The van der Waals surface area contributed by atoms with Gasteiger partial charge in [-0.15, -0.1) is 0 Å². The molecule has 0 aromatic rings. The number of nitrogens with zero attached hydrogens (tertiary/aromatic N) is 1. The lowest BCUT2D eigenvalue weighted by Gasteiger charge is -2.32. The fourth-order valence-corrected chi connectivity index (χ4v) is 4.27. The van der Waals surface area contributed by atoms with Crippen LogP contribution in [-0.4, -0.2) is 65.6 Å². The van der Waals surface area contributed by atoms with Crippen LogP contribution in [0.5, 0.6) is 0 Å². The second kappa shape index (κ2) is 10.4. The summed E-state index contributed by atoms with van der Waals surface area (Å²) in [7, 11) is -4.25. The second-order valence-electron chi connectivity index (χ2n) is 7.80. The number of esters is 1. The maximum Gasteiger partial charge on any atom is 0.400 e. The summed E-state index contributed by atoms with van der Waals surface area (Å²) in [6.45, 7) is 1.19. The average molecular weight is 465 g/mol. The molecule has 31 heavy (non-hydrogen) atoms. The normalized spacial score (nSPS) is 33.4. The Bertz CT molecular complexity index is 747. The third-order valence-electron chi connectivity index (χ3n) is 5.37. The van der Waals surface area contributed by atoms with Gasteiger partial charge in [0.25, 0.3) is 0 Å². The van der Waals surface area contributed by atoms with Gasteiger partial charge in [0.2, 0.25) is 0 Å². The molecule has 0 radical (unpaired) electrons. The molecule has 2 heterocycles. The van der Waals surface area contributed by atoms with Gasteiger partial charge >= 0.3 is 19.7 Å². The molecule has 1 aliphatic carbocycles. The number of nitrogens with one attached hydrogen (secondary N) is 1. The highest BCUT2D eigenvalue weighted by Gasteiger charge is 2.43. The third-order valence-corrected chi connectivity index (χ3v) is 5.89. The Morgan fingerprint density at radius 2 is 2.16 bits per heavy atom. The van der Waals surface area contributed by atoms with E-state index in [2.05, 4.69) is 5.32 Å². The van der Waals surface area contributed by atoms with Crippen LogP contribution in [0, 0.1) is 0 Å². The number of urea groups is 1. The molecule has 13 heteroatoms. The molecule has 6 atom stereocenters. The largest absolute Gasteiger partial charge is 0.462 e. The van der Waals surface area contributed by atoms with Crippen molar-refractivity contribution in [3.63, 3.8) is 0 Å². The molecule has 0 aromatic carbocycles. The Balaban J connectivity index is 1.66. The van der Waals surface area contributed by atoms with Crippen LogP contribution in [-0.2, 0) is 28.1 Å². The fraction of sp³-hybridized carbons (Fsp3) is 0.778. The molecule has 2 fully saturated rings. The second-order valence-corrected chi connectivity index (χ2v) is 9.18. The van der Waals surface area contributed by atoms with E-state index in [-0.39, 0.29) is 37.7 Å². The fourth-order valence-electron chi connectivity index (χ4n) is 3.91. The highest BCUT2D eigenvalue weighted by atomic mass is 31.2. The van der Waals surface area contributed by atoms with Crippen molar-refractivity contribution in [1.29, 1.82) is 0 Å². The van der Waals surface area contributed by atoms with E-state index in [1.165, 1.54) is 0 Å². The first kappa shape index (κ1) is 24.1. The highest BCUT2D eigenvalue weighted by Crippen LogP contribution is 2.36. The quantitative estimate of drug-likeness (QED) is 0.359. The molecule has 2 aliphatic heterocycles. The van der Waals surface area contributed by atoms with Crippen LogP contribution < -0.4 is 10.8 Å². The van der Waals surface area contributed by atoms with E-state index in [1.54, 1.807) is 6.92 Å². The molecule has 0 spiro atoms. The molecule has 11 nitrogen and oxygen atoms in total. The zero-order chi connectivity index (χ0) is 22.6. The van der Waals surface area contributed by atoms with E-state index in [0.29, 0.717) is 12.8 Å². The molecule has 4 N–H and O–H groups in total. The van der Waals surface area contributed by atoms with E-state index < -0.39 is 38.0 Å². The molecule has 2 amide bonds. The van der Waals surface area contributed by atoms with Crippen molar-refractivity contribution < 1.29 is 42.2 Å². The summed E-state index contributed by atoms with van der Waals surface area (Å²) in [6, 6.07) is -0.525. The van der Waals surface area contributed by atoms with Crippen molar-refractivity contribution in [2.75, 3.05) is 13.2 Å². The molecule has 3 rings (SSSR count). The van der Waals surface area contributed by atoms with Gasteiger partial charge in [-0.25, -0.2) is 19.3 Å². The number of carbonyl (C=O) groups excluding carboxylic acids is 2. The Morgan fingerprint density at radius 1 is 1.42 bits per heavy atom. The zero-order valence-electron chi connectivity index (χ0n) is 17.3. The molecule has 3 aliphatic rings. The Labute approximate surface area is 179 Å². The van der Waals surface area contributed by atoms with Crippen LogP contribution in [0.1, 0.15) is 45.4 Å². The Hall–Kier alpha value is -1.56. The molecule has 176 valence electrons. The number of carbonyl (C=O) groups is 2. The number of ether oxygens (including phenoxy) is 3. The minimum Gasteiger partial charge on any atom is -0.462 e. The SMILES string of the molecule is CCC(=O)OC1CCCC(OC2C[C@H](N3C=C(F)CNC3=O)O[C@@H]2COP(N)(=O)O)C1. The number of rotatable bonds is 8. The summed E-state index contributed by atoms with van der Waals surface area (Å²) in [6.07, 6.45) is 1.61. The van der Waals surface area contributed by atoms with Gasteiger partial charge in [-0.05, 0) is 19.3 Å². The standard InChI is InChI=1S/C18H29FN3O8P/c1-2-17(23)29-13-5-3-4-12(6-13)28-14-7-16(22-9-11(19)8-21-18(22)24)30-15(14)10-27-31(20,25)26/h9,12-16H,2-8,10H2,1H3,(H,21,24)(H3,20,25,26)/t12?,13?,14?,15-,16-/m1/s1. The van der Waals surface area contributed by atoms with Crippen LogP contribution in [0.25, 0.3) is 0 Å². The van der Waals surface area contributed by atoms with Gasteiger partial charge in [-0.1, -0.05) is 6.92 Å². The summed E-state index contributed by atoms with van der Waals surface area (Å²) in [5.74, 6) is -0.803. The zero-order valence-corrected chi connectivity index (χ0v) is 18.2. The van der Waals surface area contributed by atoms with Crippen molar-refractivity contribution in [2.24, 2.45) is 5.50 Å². The maximum atomic E-state index is 13.7. The van der Waals surface area contributed by atoms with Gasteiger partial charge in [0.05, 0.1) is 25.4 Å². The van der Waals surface area contributed by atoms with Crippen LogP contribution in [0.2, 0.25) is 0 Å². The molecule has 0 bridgehead atoms. The van der Waals surface area contributed by atoms with Crippen LogP contribution in [0.3, 0.4) is 0 Å². The number of amides is 2. The smallest absolute Gasteiger partial charge is 0.400 e. The van der Waals surface area contributed by atoms with Crippen molar-refractivity contribution in [1.82, 2.24) is 10.2 Å². The number of hydrogen-bond acceptors (Lipinski definition) is 7. The number of hydrogen-bond donors (Lipinski definition) is 3. The maximum absolute atomic E-state index is 13.7. The van der Waals surface area contributed by atoms with E-state index in [1.807, 2.05) is 0 Å². The number of halogens is 1. The van der Waals surface area contributed by atoms with Crippen LogP contribution >= 0.6 is 7.75 Å². The Morgan fingerprint density at radius 3 is 2.87 bits per heavy atom. The number of nitrogens with two attached hydrogens (primary N) is 1. The van der Waals surface area contributed by atoms with Gasteiger partial charge < -0.3 is 24.4 Å². The molecule has 0 aromatic heterocycles. The summed E-state index contributed by atoms with van der Waals surface area (Å²) < 4.78 is 47.2. The van der Waals surface area contributed by atoms with Gasteiger partial charge in [-0.3, -0.25) is 14.2 Å². The summed E-state index contributed by atoms with van der Waals surface area (Å²) in [4.78, 5) is 34.1. The molecule has 4 unspecified atom stereocenters. The van der Waals surface area contributed by atoms with Gasteiger partial charge in [0.15, 0.2) is 0 Å². The average Bonchev–Trinajstić information content (AvgIpc) is 3.10. The van der Waals surface area contributed by atoms with E-state index in [4.69, 9.17) is 24.2 Å². The third kappa shape index (κ3) is 6.96. The first-order valence-electron chi connectivity index (χ1n) is 10.3. The topological polar surface area (TPSA) is 150 Å². The highest BCUT2D eigenvalue weighted by molar-refractivity contribution is 7.50. The lowest BCUT2D eigenvalue weighted by molar-refractivity contribution is -0.154. The minimum absolute atomic E-state index is 0.196. The van der Waals surface area contributed by atoms with Gasteiger partial charge in [-0.2, -0.15) is 0 Å². The molecule has 1 saturated heterocycles. The first-order valence-corrected chi connectivity index (χ1v) is 12.0. The molecular weight excluding hydrogens is 436 g/mol. The van der Waals surface area contributed by atoms with Crippen molar-refractivity contribution in [2.45, 2.75) is 76.1 Å². The first-order chi connectivity index (χ1) is 14.6. The van der Waals surface area contributed by atoms with E-state index >= 15 is 0 Å². The molecule has 1 saturated carbocycles. The predicted octanol–water partition coefficient (Wildman–Crippen LogP) is 1.66. The van der Waals surface area contributed by atoms with Gasteiger partial charge in [0, 0.05) is 25.5 Å². The predicted molar refractivity (Wildman–Crippen MR) is 105 cm³/mol. The monoisotopic (exact) mass is 465 g/mol. The summed E-state index contributed by atoms with van der Waals surface area (Å²) in [5.41, 5.74) is 5.05. The van der Waals surface area contributed by atoms with Crippen LogP contribution in [0.15, 0.2) is 12.0 Å². The molecular formula is C18H29FN3O8P. The van der Waals surface area contributed by atoms with Crippen molar-refractivity contribution in [3.8, 4) is 0 Å². The van der Waals surface area contributed by atoms with Crippen molar-refractivity contribution >= 4 is 19.7 Å². The minimum atomic E-state index is -4.25. The van der Waals surface area contributed by atoms with Crippen molar-refractivity contribution in [3.05, 3.63) is 12.0 Å². The van der Waals surface area contributed by atoms with E-state index in [9.17, 15) is 23.4 Å². The summed E-state index contributed by atoms with van der Waals surface area (Å²) >= 11 is 0.